The summed E-state index contributed by atoms with van der Waals surface area (Å²) in [7, 11) is 3.83. The average Bonchev–Trinajstić information content (AvgIpc) is 2.17. The van der Waals surface area contributed by atoms with Gasteiger partial charge in [-0.2, -0.15) is 0 Å². The van der Waals surface area contributed by atoms with Crippen molar-refractivity contribution in [2.24, 2.45) is 0 Å². The molecule has 4 heteroatoms. The molecule has 1 unspecified atom stereocenters. The van der Waals surface area contributed by atoms with E-state index in [1.807, 2.05) is 32.4 Å². The molecule has 0 saturated carbocycles. The van der Waals surface area contributed by atoms with Crippen molar-refractivity contribution < 1.29 is 5.11 Å². The van der Waals surface area contributed by atoms with Gasteiger partial charge in [-0.15, -0.1) is 0 Å². The van der Waals surface area contributed by atoms with E-state index in [9.17, 15) is 5.11 Å². The molecule has 1 atom stereocenters. The summed E-state index contributed by atoms with van der Waals surface area (Å²) in [4.78, 5) is 6.30. The summed E-state index contributed by atoms with van der Waals surface area (Å²) < 4.78 is 0. The highest BCUT2D eigenvalue weighted by Crippen LogP contribution is 2.06. The molecule has 0 bridgehead atoms. The molecule has 0 fully saturated rings. The first-order valence-corrected chi connectivity index (χ1v) is 5.11. The molecule has 4 nitrogen and oxygen atoms in total. The molecular formula is C11H19N3O. The van der Waals surface area contributed by atoms with E-state index in [2.05, 4.69) is 15.2 Å². The first kappa shape index (κ1) is 11.9. The van der Waals surface area contributed by atoms with Crippen molar-refractivity contribution in [1.29, 1.82) is 0 Å². The second-order valence-corrected chi connectivity index (χ2v) is 3.85. The molecule has 1 rings (SSSR count). The van der Waals surface area contributed by atoms with Crippen molar-refractivity contribution in [1.82, 2.24) is 9.88 Å². The monoisotopic (exact) mass is 209 g/mol. The summed E-state index contributed by atoms with van der Waals surface area (Å²) in [6.07, 6.45) is 1.56. The fourth-order valence-corrected chi connectivity index (χ4v) is 1.49. The molecule has 0 amide bonds. The Morgan fingerprint density at radius 2 is 2.27 bits per heavy atom. The van der Waals surface area contributed by atoms with Crippen LogP contribution in [-0.2, 0) is 6.54 Å². The Bertz CT molecular complexity index is 284. The molecule has 0 radical (unpaired) electrons. The largest absolute Gasteiger partial charge is 0.392 e. The molecule has 0 spiro atoms. The fourth-order valence-electron chi connectivity index (χ4n) is 1.49. The standard InChI is InChI=1S/C11H19N3O/c1-9(15)7-14(3)8-10-4-5-11(12-2)13-6-10/h4-6,9,15H,7-8H2,1-3H3,(H,12,13). The summed E-state index contributed by atoms with van der Waals surface area (Å²) >= 11 is 0. The molecule has 0 aliphatic heterocycles. The minimum Gasteiger partial charge on any atom is -0.392 e. The maximum atomic E-state index is 9.22. The number of hydrogen-bond acceptors (Lipinski definition) is 4. The van der Waals surface area contributed by atoms with E-state index in [-0.39, 0.29) is 6.10 Å². The number of aliphatic hydroxyl groups is 1. The van der Waals surface area contributed by atoms with Gasteiger partial charge >= 0.3 is 0 Å². The average molecular weight is 209 g/mol. The van der Waals surface area contributed by atoms with Crippen molar-refractivity contribution in [3.63, 3.8) is 0 Å². The number of nitrogens with zero attached hydrogens (tertiary/aromatic N) is 2. The van der Waals surface area contributed by atoms with E-state index >= 15 is 0 Å². The Hall–Kier alpha value is -1.13. The van der Waals surface area contributed by atoms with Gasteiger partial charge in [-0.05, 0) is 25.6 Å². The van der Waals surface area contributed by atoms with Crippen molar-refractivity contribution in [2.75, 3.05) is 26.0 Å². The molecule has 0 saturated heterocycles. The van der Waals surface area contributed by atoms with Crippen LogP contribution in [-0.4, -0.2) is 41.7 Å². The number of aliphatic hydroxyl groups excluding tert-OH is 1. The Labute approximate surface area is 90.9 Å². The Kier molecular flexibility index (Phi) is 4.52. The number of nitrogens with one attached hydrogen (secondary N) is 1. The van der Waals surface area contributed by atoms with Crippen LogP contribution in [0.1, 0.15) is 12.5 Å². The Morgan fingerprint density at radius 3 is 2.73 bits per heavy atom. The minimum absolute atomic E-state index is 0.292. The zero-order chi connectivity index (χ0) is 11.3. The molecule has 1 heterocycles. The lowest BCUT2D eigenvalue weighted by molar-refractivity contribution is 0.138. The maximum absolute atomic E-state index is 9.22. The van der Waals surface area contributed by atoms with Crippen molar-refractivity contribution in [3.05, 3.63) is 23.9 Å². The predicted molar refractivity (Wildman–Crippen MR) is 61.8 cm³/mol. The molecule has 84 valence electrons. The van der Waals surface area contributed by atoms with Gasteiger partial charge < -0.3 is 10.4 Å². The summed E-state index contributed by atoms with van der Waals surface area (Å²) in [6.45, 7) is 3.27. The molecule has 2 N–H and O–H groups in total. The molecule has 0 aliphatic carbocycles. The first-order valence-electron chi connectivity index (χ1n) is 5.11. The van der Waals surface area contributed by atoms with Crippen LogP contribution in [0.2, 0.25) is 0 Å². The second kappa shape index (κ2) is 5.68. The SMILES string of the molecule is CNc1ccc(CN(C)CC(C)O)cn1. The lowest BCUT2D eigenvalue weighted by Crippen LogP contribution is -2.26. The maximum Gasteiger partial charge on any atom is 0.125 e. The van der Waals surface area contributed by atoms with Crippen LogP contribution in [0.5, 0.6) is 0 Å². The van der Waals surface area contributed by atoms with Crippen LogP contribution in [0.3, 0.4) is 0 Å². The van der Waals surface area contributed by atoms with Gasteiger partial charge in [0.2, 0.25) is 0 Å². The van der Waals surface area contributed by atoms with E-state index in [0.29, 0.717) is 6.54 Å². The highest BCUT2D eigenvalue weighted by Gasteiger charge is 2.03. The van der Waals surface area contributed by atoms with E-state index in [4.69, 9.17) is 0 Å². The van der Waals surface area contributed by atoms with Gasteiger partial charge in [0, 0.05) is 26.3 Å². The van der Waals surface area contributed by atoms with E-state index in [1.165, 1.54) is 0 Å². The third-order valence-corrected chi connectivity index (χ3v) is 2.11. The number of hydrogen-bond donors (Lipinski definition) is 2. The van der Waals surface area contributed by atoms with Crippen molar-refractivity contribution >= 4 is 5.82 Å². The number of rotatable bonds is 5. The van der Waals surface area contributed by atoms with Crippen molar-refractivity contribution in [3.8, 4) is 0 Å². The minimum atomic E-state index is -0.292. The van der Waals surface area contributed by atoms with Crippen LogP contribution in [0.4, 0.5) is 5.82 Å². The predicted octanol–water partition coefficient (Wildman–Crippen LogP) is 0.936. The van der Waals surface area contributed by atoms with Crippen LogP contribution < -0.4 is 5.32 Å². The molecule has 1 aromatic heterocycles. The van der Waals surface area contributed by atoms with Gasteiger partial charge in [-0.3, -0.25) is 4.90 Å². The van der Waals surface area contributed by atoms with Gasteiger partial charge in [0.1, 0.15) is 5.82 Å². The molecule has 1 aromatic rings. The van der Waals surface area contributed by atoms with Gasteiger partial charge in [-0.25, -0.2) is 4.98 Å². The number of aromatic nitrogens is 1. The molecule has 0 aromatic carbocycles. The van der Waals surface area contributed by atoms with E-state index in [1.54, 1.807) is 6.92 Å². The van der Waals surface area contributed by atoms with Gasteiger partial charge in [0.25, 0.3) is 0 Å². The second-order valence-electron chi connectivity index (χ2n) is 3.85. The highest BCUT2D eigenvalue weighted by atomic mass is 16.3. The van der Waals surface area contributed by atoms with Gasteiger partial charge in [0.15, 0.2) is 0 Å². The van der Waals surface area contributed by atoms with E-state index < -0.39 is 0 Å². The normalized spacial score (nSPS) is 12.9. The van der Waals surface area contributed by atoms with E-state index in [0.717, 1.165) is 17.9 Å². The summed E-state index contributed by atoms with van der Waals surface area (Å²) in [5.74, 6) is 0.872. The number of likely N-dealkylation sites (N-methyl/N-ethyl adjacent to an activating group) is 1. The topological polar surface area (TPSA) is 48.4 Å². The highest BCUT2D eigenvalue weighted by molar-refractivity contribution is 5.34. The Morgan fingerprint density at radius 1 is 1.53 bits per heavy atom. The third-order valence-electron chi connectivity index (χ3n) is 2.11. The molecular weight excluding hydrogens is 190 g/mol. The smallest absolute Gasteiger partial charge is 0.125 e. The summed E-state index contributed by atoms with van der Waals surface area (Å²) in [5.41, 5.74) is 1.15. The lowest BCUT2D eigenvalue weighted by atomic mass is 10.2. The zero-order valence-electron chi connectivity index (χ0n) is 9.57. The first-order chi connectivity index (χ1) is 7.11. The summed E-state index contributed by atoms with van der Waals surface area (Å²) in [5, 5.41) is 12.2. The summed E-state index contributed by atoms with van der Waals surface area (Å²) in [6, 6.07) is 3.99. The molecule has 0 aliphatic rings. The Balaban J connectivity index is 2.49. The number of anilines is 1. The lowest BCUT2D eigenvalue weighted by Gasteiger charge is -2.18. The van der Waals surface area contributed by atoms with Crippen LogP contribution in [0.15, 0.2) is 18.3 Å². The molecule has 15 heavy (non-hydrogen) atoms. The van der Waals surface area contributed by atoms with Crippen molar-refractivity contribution in [2.45, 2.75) is 19.6 Å². The van der Waals surface area contributed by atoms with Crippen LogP contribution in [0, 0.1) is 0 Å². The van der Waals surface area contributed by atoms with Gasteiger partial charge in [-0.1, -0.05) is 6.07 Å². The quantitative estimate of drug-likeness (QED) is 0.757. The zero-order valence-corrected chi connectivity index (χ0v) is 9.57. The third kappa shape index (κ3) is 4.27. The van der Waals surface area contributed by atoms with Crippen LogP contribution in [0.25, 0.3) is 0 Å². The van der Waals surface area contributed by atoms with Crippen LogP contribution >= 0.6 is 0 Å². The number of pyridine rings is 1. The fraction of sp³-hybridized carbons (Fsp3) is 0.545. The van der Waals surface area contributed by atoms with Gasteiger partial charge in [0.05, 0.1) is 6.10 Å².